The first-order valence-corrected chi connectivity index (χ1v) is 8.06. The van der Waals surface area contributed by atoms with Gasteiger partial charge in [-0.05, 0) is 42.8 Å². The summed E-state index contributed by atoms with van der Waals surface area (Å²) in [5.74, 6) is 1.28. The fourth-order valence-electron chi connectivity index (χ4n) is 2.82. The monoisotopic (exact) mass is 330 g/mol. The van der Waals surface area contributed by atoms with E-state index in [1.54, 1.807) is 13.3 Å². The minimum Gasteiger partial charge on any atom is -0.495 e. The van der Waals surface area contributed by atoms with E-state index in [4.69, 9.17) is 4.74 Å². The number of aromatic amines is 1. The van der Waals surface area contributed by atoms with E-state index < -0.39 is 0 Å². The molecule has 0 unspecified atom stereocenters. The summed E-state index contributed by atoms with van der Waals surface area (Å²) < 4.78 is 5.40. The predicted molar refractivity (Wildman–Crippen MR) is 100 cm³/mol. The molecule has 0 saturated heterocycles. The van der Waals surface area contributed by atoms with Crippen molar-refractivity contribution in [3.63, 3.8) is 0 Å². The SMILES string of the molecule is COc1ccc(C)cc1Nc1nccc(-c2cc3ccccc3[nH]2)n1. The molecule has 2 aromatic heterocycles. The zero-order chi connectivity index (χ0) is 17.2. The number of hydrogen-bond donors (Lipinski definition) is 2. The van der Waals surface area contributed by atoms with Crippen molar-refractivity contribution in [2.45, 2.75) is 6.92 Å². The van der Waals surface area contributed by atoms with Crippen molar-refractivity contribution in [2.75, 3.05) is 12.4 Å². The lowest BCUT2D eigenvalue weighted by Gasteiger charge is -2.11. The van der Waals surface area contributed by atoms with Crippen molar-refractivity contribution in [3.8, 4) is 17.1 Å². The van der Waals surface area contributed by atoms with Gasteiger partial charge in [0, 0.05) is 17.1 Å². The maximum absolute atomic E-state index is 5.40. The number of rotatable bonds is 4. The van der Waals surface area contributed by atoms with Gasteiger partial charge in [-0.15, -0.1) is 0 Å². The molecule has 0 aliphatic heterocycles. The summed E-state index contributed by atoms with van der Waals surface area (Å²) in [6.45, 7) is 2.03. The number of fused-ring (bicyclic) bond motifs is 1. The molecule has 124 valence electrons. The molecular weight excluding hydrogens is 312 g/mol. The molecule has 0 bridgehead atoms. The van der Waals surface area contributed by atoms with Crippen molar-refractivity contribution in [3.05, 3.63) is 66.4 Å². The van der Waals surface area contributed by atoms with E-state index in [9.17, 15) is 0 Å². The van der Waals surface area contributed by atoms with Crippen molar-refractivity contribution in [1.29, 1.82) is 0 Å². The Morgan fingerprint density at radius 3 is 2.76 bits per heavy atom. The first-order chi connectivity index (χ1) is 12.2. The van der Waals surface area contributed by atoms with E-state index in [0.29, 0.717) is 5.95 Å². The molecule has 0 fully saturated rings. The molecule has 2 heterocycles. The highest BCUT2D eigenvalue weighted by Crippen LogP contribution is 2.28. The number of ether oxygens (including phenoxy) is 1. The van der Waals surface area contributed by atoms with Crippen LogP contribution in [0.2, 0.25) is 0 Å². The number of anilines is 2. The van der Waals surface area contributed by atoms with Crippen LogP contribution in [-0.2, 0) is 0 Å². The van der Waals surface area contributed by atoms with Gasteiger partial charge in [-0.25, -0.2) is 9.97 Å². The molecule has 0 radical (unpaired) electrons. The molecule has 4 rings (SSSR count). The molecule has 2 aromatic carbocycles. The average molecular weight is 330 g/mol. The molecule has 0 amide bonds. The minimum absolute atomic E-state index is 0.528. The fraction of sp³-hybridized carbons (Fsp3) is 0.100. The summed E-state index contributed by atoms with van der Waals surface area (Å²) in [6.07, 6.45) is 1.75. The van der Waals surface area contributed by atoms with Crippen molar-refractivity contribution in [1.82, 2.24) is 15.0 Å². The predicted octanol–water partition coefficient (Wildman–Crippen LogP) is 4.69. The van der Waals surface area contributed by atoms with E-state index in [-0.39, 0.29) is 0 Å². The van der Waals surface area contributed by atoms with E-state index in [1.165, 1.54) is 0 Å². The summed E-state index contributed by atoms with van der Waals surface area (Å²) in [6, 6.07) is 18.1. The Kier molecular flexibility index (Phi) is 3.82. The number of methoxy groups -OCH3 is 1. The van der Waals surface area contributed by atoms with Crippen molar-refractivity contribution < 1.29 is 4.74 Å². The Labute approximate surface area is 145 Å². The Bertz CT molecular complexity index is 1010. The van der Waals surface area contributed by atoms with Gasteiger partial charge >= 0.3 is 0 Å². The smallest absolute Gasteiger partial charge is 0.227 e. The molecule has 0 saturated carbocycles. The number of aromatic nitrogens is 3. The minimum atomic E-state index is 0.528. The van der Waals surface area contributed by atoms with Crippen LogP contribution in [0.4, 0.5) is 11.6 Å². The van der Waals surface area contributed by atoms with Gasteiger partial charge in [0.25, 0.3) is 0 Å². The molecule has 25 heavy (non-hydrogen) atoms. The summed E-state index contributed by atoms with van der Waals surface area (Å²) >= 11 is 0. The summed E-state index contributed by atoms with van der Waals surface area (Å²) in [4.78, 5) is 12.3. The Morgan fingerprint density at radius 1 is 1.04 bits per heavy atom. The van der Waals surface area contributed by atoms with Gasteiger partial charge in [0.2, 0.25) is 5.95 Å². The van der Waals surface area contributed by atoms with Crippen LogP contribution in [0.3, 0.4) is 0 Å². The third kappa shape index (κ3) is 3.04. The zero-order valence-corrected chi connectivity index (χ0v) is 14.1. The second-order valence-corrected chi connectivity index (χ2v) is 5.86. The van der Waals surface area contributed by atoms with Crippen molar-refractivity contribution in [2.24, 2.45) is 0 Å². The van der Waals surface area contributed by atoms with E-state index in [0.717, 1.165) is 39.3 Å². The zero-order valence-electron chi connectivity index (χ0n) is 14.1. The van der Waals surface area contributed by atoms with Crippen molar-refractivity contribution >= 4 is 22.5 Å². The lowest BCUT2D eigenvalue weighted by molar-refractivity contribution is 0.416. The van der Waals surface area contributed by atoms with Crippen LogP contribution in [0.25, 0.3) is 22.3 Å². The molecule has 0 aliphatic carbocycles. The number of nitrogens with zero attached hydrogens (tertiary/aromatic N) is 2. The molecule has 5 heteroatoms. The van der Waals surface area contributed by atoms with Gasteiger partial charge in [0.05, 0.1) is 24.2 Å². The Morgan fingerprint density at radius 2 is 1.92 bits per heavy atom. The number of para-hydroxylation sites is 1. The lowest BCUT2D eigenvalue weighted by atomic mass is 10.2. The number of hydrogen-bond acceptors (Lipinski definition) is 4. The van der Waals surface area contributed by atoms with Gasteiger partial charge in [0.15, 0.2) is 0 Å². The van der Waals surface area contributed by atoms with Crippen LogP contribution in [0.1, 0.15) is 5.56 Å². The van der Waals surface area contributed by atoms with E-state index in [1.807, 2.05) is 43.3 Å². The van der Waals surface area contributed by atoms with E-state index in [2.05, 4.69) is 38.5 Å². The average Bonchev–Trinajstić information content (AvgIpc) is 3.06. The summed E-state index contributed by atoms with van der Waals surface area (Å²) in [5.41, 5.74) is 4.86. The van der Waals surface area contributed by atoms with Gasteiger partial charge in [-0.1, -0.05) is 24.3 Å². The number of aryl methyl sites for hydroxylation is 1. The molecule has 0 atom stereocenters. The molecule has 2 N–H and O–H groups in total. The van der Waals surface area contributed by atoms with Gasteiger partial charge in [-0.3, -0.25) is 0 Å². The maximum atomic E-state index is 5.40. The second kappa shape index (κ2) is 6.28. The third-order valence-corrected chi connectivity index (χ3v) is 4.06. The summed E-state index contributed by atoms with van der Waals surface area (Å²) in [7, 11) is 1.65. The third-order valence-electron chi connectivity index (χ3n) is 4.06. The largest absolute Gasteiger partial charge is 0.495 e. The van der Waals surface area contributed by atoms with Gasteiger partial charge in [0.1, 0.15) is 5.75 Å². The topological polar surface area (TPSA) is 62.8 Å². The van der Waals surface area contributed by atoms with Crippen LogP contribution >= 0.6 is 0 Å². The maximum Gasteiger partial charge on any atom is 0.227 e. The Balaban J connectivity index is 1.69. The number of H-pyrrole nitrogens is 1. The molecule has 5 nitrogen and oxygen atoms in total. The van der Waals surface area contributed by atoms with Crippen LogP contribution in [0.15, 0.2) is 60.8 Å². The number of nitrogens with one attached hydrogen (secondary N) is 2. The highest BCUT2D eigenvalue weighted by molar-refractivity contribution is 5.85. The highest BCUT2D eigenvalue weighted by atomic mass is 16.5. The lowest BCUT2D eigenvalue weighted by Crippen LogP contribution is -2.00. The van der Waals surface area contributed by atoms with Crippen LogP contribution in [-0.4, -0.2) is 22.1 Å². The van der Waals surface area contributed by atoms with Crippen LogP contribution in [0.5, 0.6) is 5.75 Å². The number of benzene rings is 2. The summed E-state index contributed by atoms with van der Waals surface area (Å²) in [5, 5.41) is 4.41. The highest BCUT2D eigenvalue weighted by Gasteiger charge is 2.08. The normalized spacial score (nSPS) is 10.8. The van der Waals surface area contributed by atoms with Gasteiger partial charge in [-0.2, -0.15) is 0 Å². The molecular formula is C20H18N4O. The van der Waals surface area contributed by atoms with Crippen LogP contribution in [0, 0.1) is 6.92 Å². The van der Waals surface area contributed by atoms with Gasteiger partial charge < -0.3 is 15.0 Å². The standard InChI is InChI=1S/C20H18N4O/c1-13-7-8-19(25-2)18(11-13)24-20-21-10-9-16(23-20)17-12-14-5-3-4-6-15(14)22-17/h3-12,22H,1-2H3,(H,21,23,24). The van der Waals surface area contributed by atoms with Crippen LogP contribution < -0.4 is 10.1 Å². The Hall–Kier alpha value is -3.34. The molecule has 0 aliphatic rings. The second-order valence-electron chi connectivity index (χ2n) is 5.86. The molecule has 0 spiro atoms. The molecule has 4 aromatic rings. The quantitative estimate of drug-likeness (QED) is 0.570. The first kappa shape index (κ1) is 15.2. The fourth-order valence-corrected chi connectivity index (χ4v) is 2.82. The van der Waals surface area contributed by atoms with E-state index >= 15 is 0 Å². The first-order valence-electron chi connectivity index (χ1n) is 8.06.